The van der Waals surface area contributed by atoms with Crippen LogP contribution in [0.25, 0.3) is 0 Å². The molecule has 0 bridgehead atoms. The van der Waals surface area contributed by atoms with Crippen molar-refractivity contribution in [3.63, 3.8) is 0 Å². The second-order valence-corrected chi connectivity index (χ2v) is 8.76. The molecular formula is C20H28N2O4. The van der Waals surface area contributed by atoms with Crippen LogP contribution in [0.15, 0.2) is 18.2 Å². The third-order valence-electron chi connectivity index (χ3n) is 5.90. The summed E-state index contributed by atoms with van der Waals surface area (Å²) in [5.41, 5.74) is 0.858. The fraction of sp³-hybridized carbons (Fsp3) is 0.600. The number of hydrogen-bond donors (Lipinski definition) is 1. The molecule has 1 aromatic carbocycles. The number of carbonyl (C=O) groups excluding carboxylic acids is 2. The number of rotatable bonds is 4. The zero-order chi connectivity index (χ0) is 19.3. The lowest BCUT2D eigenvalue weighted by molar-refractivity contribution is -0.0789. The Morgan fingerprint density at radius 2 is 1.92 bits per heavy atom. The van der Waals surface area contributed by atoms with E-state index in [0.29, 0.717) is 24.6 Å². The van der Waals surface area contributed by atoms with E-state index in [0.717, 1.165) is 13.0 Å². The van der Waals surface area contributed by atoms with Crippen molar-refractivity contribution in [1.82, 2.24) is 9.80 Å². The normalized spacial score (nSPS) is 26.4. The Morgan fingerprint density at radius 3 is 2.50 bits per heavy atom. The highest BCUT2D eigenvalue weighted by atomic mass is 16.5. The highest BCUT2D eigenvalue weighted by molar-refractivity contribution is 5.98. The standard InChI is InChI=1S/C20H28N2O4/c1-19(2)10-20(11-21(3)4)12-22(9-16(19)20)17(24)13-6-14(18(25)26-5)8-15(23)7-13/h6-8,16,23H,9-12H2,1-5H3/t16-,20+/m1/s1. The lowest BCUT2D eigenvalue weighted by Gasteiger charge is -2.57. The summed E-state index contributed by atoms with van der Waals surface area (Å²) < 4.78 is 4.70. The molecule has 2 fully saturated rings. The summed E-state index contributed by atoms with van der Waals surface area (Å²) in [5, 5.41) is 9.91. The Balaban J connectivity index is 1.85. The predicted molar refractivity (Wildman–Crippen MR) is 98.2 cm³/mol. The summed E-state index contributed by atoms with van der Waals surface area (Å²) in [5.74, 6) is -0.364. The van der Waals surface area contributed by atoms with Crippen molar-refractivity contribution in [2.45, 2.75) is 20.3 Å². The third-order valence-corrected chi connectivity index (χ3v) is 5.90. The van der Waals surface area contributed by atoms with E-state index < -0.39 is 5.97 Å². The molecule has 0 aromatic heterocycles. The van der Waals surface area contributed by atoms with Gasteiger partial charge < -0.3 is 19.6 Å². The van der Waals surface area contributed by atoms with E-state index in [4.69, 9.17) is 4.74 Å². The van der Waals surface area contributed by atoms with E-state index in [-0.39, 0.29) is 28.1 Å². The number of fused-ring (bicyclic) bond motifs is 1. The first-order valence-electron chi connectivity index (χ1n) is 8.94. The first-order valence-corrected chi connectivity index (χ1v) is 8.94. The van der Waals surface area contributed by atoms with Gasteiger partial charge in [-0.3, -0.25) is 4.79 Å². The Hall–Kier alpha value is -2.08. The molecule has 142 valence electrons. The first kappa shape index (κ1) is 18.7. The van der Waals surface area contributed by atoms with Crippen molar-refractivity contribution in [2.75, 3.05) is 40.8 Å². The number of ether oxygens (including phenoxy) is 1. The molecule has 0 spiro atoms. The Labute approximate surface area is 154 Å². The lowest BCUT2D eigenvalue weighted by Crippen LogP contribution is -2.57. The van der Waals surface area contributed by atoms with Crippen molar-refractivity contribution < 1.29 is 19.4 Å². The van der Waals surface area contributed by atoms with E-state index >= 15 is 0 Å². The van der Waals surface area contributed by atoms with Crippen molar-refractivity contribution in [3.8, 4) is 5.75 Å². The monoisotopic (exact) mass is 360 g/mol. The van der Waals surface area contributed by atoms with Crippen molar-refractivity contribution in [3.05, 3.63) is 29.3 Å². The fourth-order valence-electron chi connectivity index (χ4n) is 5.28. The maximum absolute atomic E-state index is 13.1. The largest absolute Gasteiger partial charge is 0.508 e. The van der Waals surface area contributed by atoms with Crippen LogP contribution in [0.3, 0.4) is 0 Å². The van der Waals surface area contributed by atoms with Crippen LogP contribution in [0.1, 0.15) is 41.0 Å². The van der Waals surface area contributed by atoms with Gasteiger partial charge in [-0.2, -0.15) is 0 Å². The number of phenols is 1. The Bertz CT molecular complexity index is 739. The molecule has 1 aliphatic heterocycles. The minimum Gasteiger partial charge on any atom is -0.508 e. The maximum Gasteiger partial charge on any atom is 0.338 e. The lowest BCUT2D eigenvalue weighted by atomic mass is 9.48. The number of esters is 1. The van der Waals surface area contributed by atoms with Crippen LogP contribution in [-0.2, 0) is 4.74 Å². The number of hydrogen-bond acceptors (Lipinski definition) is 5. The minimum atomic E-state index is -0.568. The van der Waals surface area contributed by atoms with Gasteiger partial charge in [0, 0.05) is 30.6 Å². The number of nitrogens with zero attached hydrogens (tertiary/aromatic N) is 2. The maximum atomic E-state index is 13.1. The van der Waals surface area contributed by atoms with E-state index in [9.17, 15) is 14.7 Å². The smallest absolute Gasteiger partial charge is 0.338 e. The molecule has 2 aliphatic rings. The van der Waals surface area contributed by atoms with Gasteiger partial charge in [-0.05, 0) is 50.0 Å². The molecule has 26 heavy (non-hydrogen) atoms. The molecule has 0 unspecified atom stereocenters. The SMILES string of the molecule is COC(=O)c1cc(O)cc(C(=O)N2C[C@@H]3C(C)(C)C[C@]3(CN(C)C)C2)c1. The highest BCUT2D eigenvalue weighted by Gasteiger charge is 2.63. The van der Waals surface area contributed by atoms with Gasteiger partial charge >= 0.3 is 5.97 Å². The number of aromatic hydroxyl groups is 1. The predicted octanol–water partition coefficient (Wildman–Crippen LogP) is 2.23. The number of methoxy groups -OCH3 is 1. The average Bonchev–Trinajstić information content (AvgIpc) is 2.86. The molecular weight excluding hydrogens is 332 g/mol. The number of amides is 1. The van der Waals surface area contributed by atoms with Crippen molar-refractivity contribution in [1.29, 1.82) is 0 Å². The van der Waals surface area contributed by atoms with Crippen LogP contribution in [0.2, 0.25) is 0 Å². The number of likely N-dealkylation sites (tertiary alicyclic amines) is 1. The number of benzene rings is 1. The van der Waals surface area contributed by atoms with Gasteiger partial charge in [0.2, 0.25) is 0 Å². The molecule has 1 aliphatic carbocycles. The van der Waals surface area contributed by atoms with Gasteiger partial charge in [0.05, 0.1) is 12.7 Å². The van der Waals surface area contributed by atoms with Crippen LogP contribution in [0.5, 0.6) is 5.75 Å². The number of phenolic OH excluding ortho intramolecular Hbond substituents is 1. The van der Waals surface area contributed by atoms with Gasteiger partial charge in [-0.25, -0.2) is 4.79 Å². The van der Waals surface area contributed by atoms with Crippen LogP contribution in [-0.4, -0.2) is 67.6 Å². The summed E-state index contributed by atoms with van der Waals surface area (Å²) in [7, 11) is 5.41. The zero-order valence-corrected chi connectivity index (χ0v) is 16.2. The van der Waals surface area contributed by atoms with Crippen LogP contribution in [0, 0.1) is 16.7 Å². The molecule has 1 saturated carbocycles. The minimum absolute atomic E-state index is 0.109. The van der Waals surface area contributed by atoms with Gasteiger partial charge in [-0.1, -0.05) is 13.8 Å². The molecule has 6 nitrogen and oxygen atoms in total. The molecule has 1 saturated heterocycles. The summed E-state index contributed by atoms with van der Waals surface area (Å²) >= 11 is 0. The molecule has 6 heteroatoms. The average molecular weight is 360 g/mol. The quantitative estimate of drug-likeness (QED) is 0.834. The van der Waals surface area contributed by atoms with Crippen molar-refractivity contribution in [2.24, 2.45) is 16.7 Å². The number of carbonyl (C=O) groups is 2. The summed E-state index contributed by atoms with van der Waals surface area (Å²) in [4.78, 5) is 28.9. The van der Waals surface area contributed by atoms with E-state index in [1.807, 2.05) is 4.90 Å². The second-order valence-electron chi connectivity index (χ2n) is 8.76. The molecule has 1 amide bonds. The molecule has 1 heterocycles. The first-order chi connectivity index (χ1) is 12.1. The van der Waals surface area contributed by atoms with Crippen molar-refractivity contribution >= 4 is 11.9 Å². The van der Waals surface area contributed by atoms with E-state index in [1.165, 1.54) is 25.3 Å². The second kappa shape index (κ2) is 6.27. The Kier molecular flexibility index (Phi) is 4.51. The molecule has 0 radical (unpaired) electrons. The third kappa shape index (κ3) is 3.07. The van der Waals surface area contributed by atoms with E-state index in [1.54, 1.807) is 0 Å². The van der Waals surface area contributed by atoms with Gasteiger partial charge in [0.1, 0.15) is 5.75 Å². The topological polar surface area (TPSA) is 70.1 Å². The highest BCUT2D eigenvalue weighted by Crippen LogP contribution is 2.62. The fourth-order valence-corrected chi connectivity index (χ4v) is 5.28. The molecule has 3 rings (SSSR count). The molecule has 1 N–H and O–H groups in total. The van der Waals surface area contributed by atoms with Crippen LogP contribution >= 0.6 is 0 Å². The summed E-state index contributed by atoms with van der Waals surface area (Å²) in [6, 6.07) is 4.23. The van der Waals surface area contributed by atoms with Gasteiger partial charge in [0.15, 0.2) is 0 Å². The van der Waals surface area contributed by atoms with Gasteiger partial charge in [0.25, 0.3) is 5.91 Å². The van der Waals surface area contributed by atoms with Crippen LogP contribution < -0.4 is 0 Å². The van der Waals surface area contributed by atoms with Gasteiger partial charge in [-0.15, -0.1) is 0 Å². The Morgan fingerprint density at radius 1 is 1.27 bits per heavy atom. The van der Waals surface area contributed by atoms with E-state index in [2.05, 4.69) is 32.8 Å². The zero-order valence-electron chi connectivity index (χ0n) is 16.2. The molecule has 1 aromatic rings. The summed E-state index contributed by atoms with van der Waals surface area (Å²) in [6.07, 6.45) is 1.10. The summed E-state index contributed by atoms with van der Waals surface area (Å²) in [6.45, 7) is 6.91. The molecule has 2 atom stereocenters. The van der Waals surface area contributed by atoms with Crippen LogP contribution in [0.4, 0.5) is 0 Å².